The lowest BCUT2D eigenvalue weighted by atomic mass is 10.1. The lowest BCUT2D eigenvalue weighted by Gasteiger charge is -2.10. The first-order valence-corrected chi connectivity index (χ1v) is 4.67. The Hall–Kier alpha value is -1.80. The number of azide groups is 1. The van der Waals surface area contributed by atoms with Gasteiger partial charge >= 0.3 is 6.18 Å². The Morgan fingerprint density at radius 2 is 2.06 bits per heavy atom. The van der Waals surface area contributed by atoms with Gasteiger partial charge in [0.1, 0.15) is 5.69 Å². The Morgan fingerprint density at radius 1 is 1.47 bits per heavy atom. The Labute approximate surface area is 99.9 Å². The first-order chi connectivity index (χ1) is 7.77. The number of nitrogens with zero attached hydrogens (tertiary/aromatic N) is 4. The Bertz CT molecular complexity index is 525. The molecule has 0 aliphatic rings. The van der Waals surface area contributed by atoms with Crippen LogP contribution in [0.1, 0.15) is 5.56 Å². The number of nitro groups is 1. The van der Waals surface area contributed by atoms with Gasteiger partial charge in [-0.25, -0.2) is 0 Å². The molecule has 0 amide bonds. The summed E-state index contributed by atoms with van der Waals surface area (Å²) in [5.74, 6) is 0. The second kappa shape index (κ2) is 4.60. The average molecular weight is 311 g/mol. The molecule has 0 bridgehead atoms. The number of hydrogen-bond acceptors (Lipinski definition) is 3. The van der Waals surface area contributed by atoms with E-state index in [1.165, 1.54) is 0 Å². The van der Waals surface area contributed by atoms with Gasteiger partial charge in [0, 0.05) is 15.5 Å². The van der Waals surface area contributed by atoms with Crippen molar-refractivity contribution in [3.63, 3.8) is 0 Å². The molecule has 0 aliphatic carbocycles. The lowest BCUT2D eigenvalue weighted by Crippen LogP contribution is -2.06. The van der Waals surface area contributed by atoms with Crippen LogP contribution in [-0.4, -0.2) is 4.92 Å². The summed E-state index contributed by atoms with van der Waals surface area (Å²) >= 11 is 2.72. The van der Waals surface area contributed by atoms with Gasteiger partial charge in [-0.2, -0.15) is 13.2 Å². The van der Waals surface area contributed by atoms with Gasteiger partial charge in [0.15, 0.2) is 0 Å². The van der Waals surface area contributed by atoms with Crippen LogP contribution in [0.25, 0.3) is 10.4 Å². The van der Waals surface area contributed by atoms with E-state index in [0.29, 0.717) is 6.07 Å². The van der Waals surface area contributed by atoms with E-state index >= 15 is 0 Å². The lowest BCUT2D eigenvalue weighted by molar-refractivity contribution is -0.384. The highest BCUT2D eigenvalue weighted by molar-refractivity contribution is 9.10. The highest BCUT2D eigenvalue weighted by atomic mass is 79.9. The van der Waals surface area contributed by atoms with E-state index in [4.69, 9.17) is 5.53 Å². The van der Waals surface area contributed by atoms with Crippen molar-refractivity contribution in [2.75, 3.05) is 0 Å². The average Bonchev–Trinajstić information content (AvgIpc) is 2.18. The number of rotatable bonds is 2. The summed E-state index contributed by atoms with van der Waals surface area (Å²) in [5, 5.41) is 13.3. The van der Waals surface area contributed by atoms with Crippen molar-refractivity contribution >= 4 is 27.3 Å². The Kier molecular flexibility index (Phi) is 3.59. The van der Waals surface area contributed by atoms with Crippen LogP contribution in [0.5, 0.6) is 0 Å². The third-order valence-electron chi connectivity index (χ3n) is 1.70. The van der Waals surface area contributed by atoms with Gasteiger partial charge in [-0.3, -0.25) is 10.1 Å². The molecule has 0 saturated heterocycles. The molecule has 0 aliphatic heterocycles. The first-order valence-electron chi connectivity index (χ1n) is 3.87. The minimum Gasteiger partial charge on any atom is -0.258 e. The zero-order valence-corrected chi connectivity index (χ0v) is 9.36. The van der Waals surface area contributed by atoms with Crippen LogP contribution in [0.4, 0.5) is 24.5 Å². The number of alkyl halides is 3. The molecular weight excluding hydrogens is 309 g/mol. The highest BCUT2D eigenvalue weighted by Crippen LogP contribution is 2.43. The van der Waals surface area contributed by atoms with Crippen LogP contribution in [0, 0.1) is 10.1 Å². The molecule has 1 rings (SSSR count). The maximum atomic E-state index is 12.6. The summed E-state index contributed by atoms with van der Waals surface area (Å²) in [4.78, 5) is 11.7. The molecule has 0 saturated carbocycles. The van der Waals surface area contributed by atoms with Crippen molar-refractivity contribution in [1.29, 1.82) is 0 Å². The largest absolute Gasteiger partial charge is 0.417 e. The maximum Gasteiger partial charge on any atom is 0.417 e. The SMILES string of the molecule is [N-]=[N+]=Nc1c([N+](=O)[O-])cc(Br)cc1C(F)(F)F. The number of hydrogen-bond donors (Lipinski definition) is 0. The van der Waals surface area contributed by atoms with Crippen LogP contribution in [0.3, 0.4) is 0 Å². The van der Waals surface area contributed by atoms with Crippen LogP contribution in [0.15, 0.2) is 21.7 Å². The van der Waals surface area contributed by atoms with Crippen LogP contribution in [-0.2, 0) is 6.18 Å². The molecule has 10 heteroatoms. The van der Waals surface area contributed by atoms with Crippen molar-refractivity contribution in [3.8, 4) is 0 Å². The summed E-state index contributed by atoms with van der Waals surface area (Å²) in [7, 11) is 0. The second-order valence-corrected chi connectivity index (χ2v) is 3.68. The minimum absolute atomic E-state index is 0.131. The quantitative estimate of drug-likeness (QED) is 0.267. The molecule has 17 heavy (non-hydrogen) atoms. The van der Waals surface area contributed by atoms with E-state index in [1.54, 1.807) is 0 Å². The Morgan fingerprint density at radius 3 is 2.47 bits per heavy atom. The Balaban J connectivity index is 3.69. The van der Waals surface area contributed by atoms with Crippen molar-refractivity contribution in [2.24, 2.45) is 5.11 Å². The molecule has 90 valence electrons. The first kappa shape index (κ1) is 13.3. The third-order valence-corrected chi connectivity index (χ3v) is 2.16. The molecule has 0 heterocycles. The summed E-state index contributed by atoms with van der Waals surface area (Å²) in [6.45, 7) is 0. The van der Waals surface area contributed by atoms with Crippen LogP contribution < -0.4 is 0 Å². The predicted octanol–water partition coefficient (Wildman–Crippen LogP) is 4.32. The molecule has 1 aromatic rings. The number of benzene rings is 1. The standard InChI is InChI=1S/C7H2BrF3N4O2/c8-3-1-4(7(9,10)11)6(13-14-12)5(2-3)15(16)17/h1-2H. The third kappa shape index (κ3) is 2.86. The van der Waals surface area contributed by atoms with E-state index in [2.05, 4.69) is 26.0 Å². The summed E-state index contributed by atoms with van der Waals surface area (Å²) in [6.07, 6.45) is -4.85. The van der Waals surface area contributed by atoms with Gasteiger partial charge in [0.25, 0.3) is 5.69 Å². The van der Waals surface area contributed by atoms with E-state index in [1.807, 2.05) is 0 Å². The minimum atomic E-state index is -4.85. The van der Waals surface area contributed by atoms with E-state index in [-0.39, 0.29) is 4.47 Å². The van der Waals surface area contributed by atoms with Crippen molar-refractivity contribution in [1.82, 2.24) is 0 Å². The van der Waals surface area contributed by atoms with Crippen molar-refractivity contribution in [3.05, 3.63) is 42.7 Å². The van der Waals surface area contributed by atoms with E-state index in [0.717, 1.165) is 6.07 Å². The molecule has 0 aromatic heterocycles. The molecule has 0 atom stereocenters. The zero-order valence-electron chi connectivity index (χ0n) is 7.77. The second-order valence-electron chi connectivity index (χ2n) is 2.77. The van der Waals surface area contributed by atoms with Gasteiger partial charge in [0.05, 0.1) is 10.5 Å². The normalized spacial score (nSPS) is 10.8. The molecule has 0 fully saturated rings. The topological polar surface area (TPSA) is 91.9 Å². The van der Waals surface area contributed by atoms with Gasteiger partial charge < -0.3 is 0 Å². The van der Waals surface area contributed by atoms with Gasteiger partial charge in [-0.1, -0.05) is 21.0 Å². The van der Waals surface area contributed by atoms with Gasteiger partial charge in [-0.15, -0.1) is 0 Å². The molecule has 6 nitrogen and oxygen atoms in total. The molecular formula is C7H2BrF3N4O2. The van der Waals surface area contributed by atoms with Gasteiger partial charge in [0.2, 0.25) is 0 Å². The smallest absolute Gasteiger partial charge is 0.258 e. The fourth-order valence-corrected chi connectivity index (χ4v) is 1.54. The molecule has 0 radical (unpaired) electrons. The van der Waals surface area contributed by atoms with Crippen LogP contribution >= 0.6 is 15.9 Å². The van der Waals surface area contributed by atoms with Crippen molar-refractivity contribution < 1.29 is 18.1 Å². The fraction of sp³-hybridized carbons (Fsp3) is 0.143. The molecule has 0 unspecified atom stereocenters. The highest BCUT2D eigenvalue weighted by Gasteiger charge is 2.37. The van der Waals surface area contributed by atoms with Crippen molar-refractivity contribution in [2.45, 2.75) is 6.18 Å². The molecule has 1 aromatic carbocycles. The molecule has 0 spiro atoms. The summed E-state index contributed by atoms with van der Waals surface area (Å²) in [5.41, 5.74) is 4.82. The monoisotopic (exact) mass is 310 g/mol. The fourth-order valence-electron chi connectivity index (χ4n) is 1.09. The summed E-state index contributed by atoms with van der Waals surface area (Å²) in [6, 6.07) is 1.44. The molecule has 0 N–H and O–H groups in total. The van der Waals surface area contributed by atoms with E-state index < -0.39 is 28.0 Å². The maximum absolute atomic E-state index is 12.6. The number of nitro benzene ring substituents is 1. The zero-order chi connectivity index (χ0) is 13.2. The number of halogens is 4. The summed E-state index contributed by atoms with van der Waals surface area (Å²) < 4.78 is 37.6. The van der Waals surface area contributed by atoms with E-state index in [9.17, 15) is 23.3 Å². The predicted molar refractivity (Wildman–Crippen MR) is 54.6 cm³/mol. The van der Waals surface area contributed by atoms with Crippen LogP contribution in [0.2, 0.25) is 0 Å². The van der Waals surface area contributed by atoms with Gasteiger partial charge in [-0.05, 0) is 11.6 Å².